The molecule has 0 saturated carbocycles. The average molecular weight is 304 g/mol. The van der Waals surface area contributed by atoms with Crippen LogP contribution in [-0.2, 0) is 0 Å². The van der Waals surface area contributed by atoms with E-state index in [1.54, 1.807) is 6.07 Å². The quantitative estimate of drug-likeness (QED) is 0.947. The molecule has 1 aromatic carbocycles. The Kier molecular flexibility index (Phi) is 3.95. The number of carbonyl (C=O) groups excluding carboxylic acids is 1. The molecule has 0 bridgehead atoms. The molecule has 0 radical (unpaired) electrons. The molecular weight excluding hydrogens is 290 g/mol. The molecule has 1 amide bonds. The molecule has 1 aliphatic rings. The zero-order valence-corrected chi connectivity index (χ0v) is 11.7. The lowest BCUT2D eigenvalue weighted by molar-refractivity contribution is 0.102. The number of carbonyl (C=O) groups is 1. The smallest absolute Gasteiger partial charge is 0.276 e. The average Bonchev–Trinajstić information content (AvgIpc) is 3.05. The van der Waals surface area contributed by atoms with Gasteiger partial charge in [0.1, 0.15) is 11.6 Å². The Morgan fingerprint density at radius 1 is 1.09 bits per heavy atom. The molecule has 2 heterocycles. The van der Waals surface area contributed by atoms with E-state index in [2.05, 4.69) is 20.4 Å². The van der Waals surface area contributed by atoms with E-state index < -0.39 is 17.5 Å². The van der Waals surface area contributed by atoms with Gasteiger partial charge in [-0.2, -0.15) is 0 Å². The van der Waals surface area contributed by atoms with Gasteiger partial charge in [0, 0.05) is 19.2 Å². The minimum Gasteiger partial charge on any atom is -0.355 e. The van der Waals surface area contributed by atoms with Crippen molar-refractivity contribution < 1.29 is 13.6 Å². The second-order valence-corrected chi connectivity index (χ2v) is 5.05. The van der Waals surface area contributed by atoms with Crippen LogP contribution >= 0.6 is 0 Å². The minimum atomic E-state index is -0.712. The first kappa shape index (κ1) is 14.4. The zero-order chi connectivity index (χ0) is 15.5. The van der Waals surface area contributed by atoms with Crippen LogP contribution in [0.2, 0.25) is 0 Å². The Hall–Kier alpha value is -2.57. The summed E-state index contributed by atoms with van der Waals surface area (Å²) in [6.07, 6.45) is 2.23. The highest BCUT2D eigenvalue weighted by Crippen LogP contribution is 2.18. The first-order valence-corrected chi connectivity index (χ1v) is 6.98. The van der Waals surface area contributed by atoms with Crippen LogP contribution in [0.15, 0.2) is 30.3 Å². The molecule has 1 aromatic heterocycles. The van der Waals surface area contributed by atoms with Gasteiger partial charge in [-0.3, -0.25) is 4.79 Å². The summed E-state index contributed by atoms with van der Waals surface area (Å²) in [5.41, 5.74) is -0.179. The Labute approximate surface area is 126 Å². The van der Waals surface area contributed by atoms with Crippen molar-refractivity contribution in [2.45, 2.75) is 12.8 Å². The molecular formula is C15H14F2N4O. The summed E-state index contributed by atoms with van der Waals surface area (Å²) in [7, 11) is 0. The van der Waals surface area contributed by atoms with Crippen LogP contribution in [0, 0.1) is 11.6 Å². The molecule has 0 unspecified atom stereocenters. The summed E-state index contributed by atoms with van der Waals surface area (Å²) >= 11 is 0. The van der Waals surface area contributed by atoms with Gasteiger partial charge in [-0.25, -0.2) is 8.78 Å². The second-order valence-electron chi connectivity index (χ2n) is 5.05. The molecule has 7 heteroatoms. The van der Waals surface area contributed by atoms with Crippen LogP contribution in [0.25, 0.3) is 0 Å². The molecule has 1 aliphatic heterocycles. The standard InChI is InChI=1S/C15H14F2N4O/c16-10-3-4-11(17)13(9-10)18-15(22)12-5-6-14(20-19-12)21-7-1-2-8-21/h3-6,9H,1-2,7-8H2,(H,18,22). The Morgan fingerprint density at radius 2 is 1.86 bits per heavy atom. The van der Waals surface area contributed by atoms with E-state index in [0.29, 0.717) is 5.82 Å². The summed E-state index contributed by atoms with van der Waals surface area (Å²) in [6, 6.07) is 6.07. The normalized spacial score (nSPS) is 14.2. The van der Waals surface area contributed by atoms with Crippen LogP contribution in [0.4, 0.5) is 20.3 Å². The van der Waals surface area contributed by atoms with Gasteiger partial charge in [0.25, 0.3) is 5.91 Å². The number of anilines is 2. The molecule has 1 saturated heterocycles. The molecule has 3 rings (SSSR count). The van der Waals surface area contributed by atoms with Crippen molar-refractivity contribution in [1.82, 2.24) is 10.2 Å². The fourth-order valence-electron chi connectivity index (χ4n) is 2.34. The van der Waals surface area contributed by atoms with Crippen molar-refractivity contribution >= 4 is 17.4 Å². The van der Waals surface area contributed by atoms with Gasteiger partial charge in [-0.15, -0.1) is 10.2 Å². The summed E-state index contributed by atoms with van der Waals surface area (Å²) in [5, 5.41) is 10.1. The van der Waals surface area contributed by atoms with Gasteiger partial charge < -0.3 is 10.2 Å². The third-order valence-electron chi connectivity index (χ3n) is 3.49. The number of halogens is 2. The maximum absolute atomic E-state index is 13.5. The van der Waals surface area contributed by atoms with Crippen LogP contribution in [0.1, 0.15) is 23.3 Å². The lowest BCUT2D eigenvalue weighted by atomic mass is 10.2. The summed E-state index contributed by atoms with van der Waals surface area (Å²) in [5.74, 6) is -1.26. The van der Waals surface area contributed by atoms with Gasteiger partial charge >= 0.3 is 0 Å². The molecule has 2 aromatic rings. The van der Waals surface area contributed by atoms with Crippen LogP contribution in [0.3, 0.4) is 0 Å². The van der Waals surface area contributed by atoms with E-state index >= 15 is 0 Å². The molecule has 1 N–H and O–H groups in total. The molecule has 0 spiro atoms. The number of benzene rings is 1. The number of nitrogens with one attached hydrogen (secondary N) is 1. The van der Waals surface area contributed by atoms with Crippen molar-refractivity contribution in [2.24, 2.45) is 0 Å². The monoisotopic (exact) mass is 304 g/mol. The minimum absolute atomic E-state index is 0.0478. The van der Waals surface area contributed by atoms with E-state index in [1.807, 2.05) is 0 Å². The number of aromatic nitrogens is 2. The summed E-state index contributed by atoms with van der Waals surface area (Å²) in [4.78, 5) is 14.1. The SMILES string of the molecule is O=C(Nc1cc(F)ccc1F)c1ccc(N2CCCC2)nn1. The summed E-state index contributed by atoms with van der Waals surface area (Å²) < 4.78 is 26.6. The lowest BCUT2D eigenvalue weighted by Crippen LogP contribution is -2.21. The van der Waals surface area contributed by atoms with Crippen LogP contribution in [-0.4, -0.2) is 29.2 Å². The van der Waals surface area contributed by atoms with Gasteiger partial charge in [-0.1, -0.05) is 0 Å². The molecule has 22 heavy (non-hydrogen) atoms. The largest absolute Gasteiger partial charge is 0.355 e. The van der Waals surface area contributed by atoms with Gasteiger partial charge in [0.2, 0.25) is 0 Å². The Morgan fingerprint density at radius 3 is 2.55 bits per heavy atom. The number of nitrogens with zero attached hydrogens (tertiary/aromatic N) is 3. The first-order valence-electron chi connectivity index (χ1n) is 6.98. The van der Waals surface area contributed by atoms with E-state index in [4.69, 9.17) is 0 Å². The predicted molar refractivity (Wildman–Crippen MR) is 77.8 cm³/mol. The maximum Gasteiger partial charge on any atom is 0.276 e. The first-order chi connectivity index (χ1) is 10.6. The van der Waals surface area contributed by atoms with Gasteiger partial charge in [-0.05, 0) is 37.1 Å². The van der Waals surface area contributed by atoms with Gasteiger partial charge in [0.05, 0.1) is 5.69 Å². The van der Waals surface area contributed by atoms with Crippen molar-refractivity contribution in [2.75, 3.05) is 23.3 Å². The fourth-order valence-corrected chi connectivity index (χ4v) is 2.34. The third kappa shape index (κ3) is 3.03. The number of hydrogen-bond donors (Lipinski definition) is 1. The van der Waals surface area contributed by atoms with Crippen molar-refractivity contribution in [3.63, 3.8) is 0 Å². The number of hydrogen-bond acceptors (Lipinski definition) is 4. The molecule has 1 fully saturated rings. The van der Waals surface area contributed by atoms with Crippen molar-refractivity contribution in [3.8, 4) is 0 Å². The number of amides is 1. The van der Waals surface area contributed by atoms with Crippen molar-refractivity contribution in [1.29, 1.82) is 0 Å². The maximum atomic E-state index is 13.5. The Bertz CT molecular complexity index is 684. The number of rotatable bonds is 3. The Balaban J connectivity index is 1.73. The highest BCUT2D eigenvalue weighted by atomic mass is 19.1. The van der Waals surface area contributed by atoms with Crippen LogP contribution < -0.4 is 10.2 Å². The van der Waals surface area contributed by atoms with Crippen LogP contribution in [0.5, 0.6) is 0 Å². The third-order valence-corrected chi connectivity index (χ3v) is 3.49. The second kappa shape index (κ2) is 6.05. The highest BCUT2D eigenvalue weighted by molar-refractivity contribution is 6.02. The van der Waals surface area contributed by atoms with E-state index in [-0.39, 0.29) is 11.4 Å². The summed E-state index contributed by atoms with van der Waals surface area (Å²) in [6.45, 7) is 1.85. The molecule has 114 valence electrons. The zero-order valence-electron chi connectivity index (χ0n) is 11.7. The topological polar surface area (TPSA) is 58.1 Å². The van der Waals surface area contributed by atoms with E-state index in [0.717, 1.165) is 44.1 Å². The van der Waals surface area contributed by atoms with E-state index in [9.17, 15) is 13.6 Å². The van der Waals surface area contributed by atoms with Gasteiger partial charge in [0.15, 0.2) is 11.5 Å². The van der Waals surface area contributed by atoms with E-state index in [1.165, 1.54) is 6.07 Å². The van der Waals surface area contributed by atoms with Crippen molar-refractivity contribution in [3.05, 3.63) is 47.7 Å². The molecule has 0 atom stereocenters. The highest BCUT2D eigenvalue weighted by Gasteiger charge is 2.16. The molecule has 0 aliphatic carbocycles. The predicted octanol–water partition coefficient (Wildman–Crippen LogP) is 2.61. The fraction of sp³-hybridized carbons (Fsp3) is 0.267. The molecule has 5 nitrogen and oxygen atoms in total. The lowest BCUT2D eigenvalue weighted by Gasteiger charge is -2.15.